The minimum Gasteiger partial charge on any atom is -0.508 e. The van der Waals surface area contributed by atoms with Gasteiger partial charge in [0.25, 0.3) is 5.91 Å². The summed E-state index contributed by atoms with van der Waals surface area (Å²) in [4.78, 5) is 16.5. The Labute approximate surface area is 150 Å². The van der Waals surface area contributed by atoms with Crippen LogP contribution in [0, 0.1) is 13.8 Å². The minimum atomic E-state index is -1.14. The molecule has 0 aliphatic carbocycles. The topological polar surface area (TPSA) is 127 Å². The highest BCUT2D eigenvalue weighted by molar-refractivity contribution is 6.11. The molecule has 7 nitrogen and oxygen atoms in total. The second-order valence-corrected chi connectivity index (χ2v) is 6.99. The molecular formula is C19H22N4O3. The summed E-state index contributed by atoms with van der Waals surface area (Å²) in [6, 6.07) is 5.03. The van der Waals surface area contributed by atoms with Crippen molar-refractivity contribution >= 4 is 22.8 Å². The van der Waals surface area contributed by atoms with Crippen LogP contribution in [0.2, 0.25) is 0 Å². The van der Waals surface area contributed by atoms with E-state index in [2.05, 4.69) is 4.98 Å². The summed E-state index contributed by atoms with van der Waals surface area (Å²) in [5, 5.41) is 20.8. The number of pyridine rings is 1. The van der Waals surface area contributed by atoms with E-state index in [1.807, 2.05) is 6.92 Å². The van der Waals surface area contributed by atoms with Crippen LogP contribution < -0.4 is 11.5 Å². The number of nitrogen functional groups attached to an aromatic ring is 1. The smallest absolute Gasteiger partial charge is 0.253 e. The van der Waals surface area contributed by atoms with Gasteiger partial charge in [0.15, 0.2) is 0 Å². The summed E-state index contributed by atoms with van der Waals surface area (Å²) < 4.78 is 1.62. The number of aliphatic hydroxyl groups is 1. The van der Waals surface area contributed by atoms with Crippen LogP contribution in [0.5, 0.6) is 5.75 Å². The average Bonchev–Trinajstić information content (AvgIpc) is 2.82. The molecule has 3 aromatic rings. The number of fused-ring (bicyclic) bond motifs is 1. The molecule has 0 aliphatic rings. The van der Waals surface area contributed by atoms with Crippen LogP contribution in [0.1, 0.15) is 40.9 Å². The number of nitrogens with zero attached hydrogens (tertiary/aromatic N) is 2. The molecule has 7 heteroatoms. The Morgan fingerprint density at radius 1 is 1.27 bits per heavy atom. The van der Waals surface area contributed by atoms with E-state index in [-0.39, 0.29) is 17.1 Å². The predicted molar refractivity (Wildman–Crippen MR) is 100 cm³/mol. The van der Waals surface area contributed by atoms with Gasteiger partial charge < -0.3 is 21.7 Å². The number of phenolic OH excluding ortho intramolecular Hbond substituents is 1. The molecule has 1 aromatic carbocycles. The van der Waals surface area contributed by atoms with Crippen molar-refractivity contribution in [3.8, 4) is 11.4 Å². The molecule has 0 unspecified atom stereocenters. The highest BCUT2D eigenvalue weighted by atomic mass is 16.3. The van der Waals surface area contributed by atoms with Crippen LogP contribution in [0.4, 0.5) is 5.82 Å². The summed E-state index contributed by atoms with van der Waals surface area (Å²) >= 11 is 0. The first-order valence-corrected chi connectivity index (χ1v) is 8.16. The van der Waals surface area contributed by atoms with Crippen molar-refractivity contribution in [3.05, 3.63) is 46.6 Å². The van der Waals surface area contributed by atoms with Gasteiger partial charge in [-0.25, -0.2) is 4.98 Å². The SMILES string of the molecule is Cc1ccc(O)c(C)c1-n1c(N)c(C(N)=O)c2cc(C(C)(C)O)cnc21. The number of rotatable bonds is 3. The van der Waals surface area contributed by atoms with Crippen LogP contribution in [-0.2, 0) is 5.60 Å². The van der Waals surface area contributed by atoms with E-state index in [0.717, 1.165) is 5.56 Å². The second kappa shape index (κ2) is 5.74. The highest BCUT2D eigenvalue weighted by Crippen LogP contribution is 2.36. The molecule has 6 N–H and O–H groups in total. The lowest BCUT2D eigenvalue weighted by Crippen LogP contribution is -2.16. The van der Waals surface area contributed by atoms with E-state index in [1.54, 1.807) is 43.5 Å². The Morgan fingerprint density at radius 3 is 2.50 bits per heavy atom. The van der Waals surface area contributed by atoms with E-state index in [1.165, 1.54) is 6.20 Å². The third-order valence-electron chi connectivity index (χ3n) is 4.63. The number of anilines is 1. The molecule has 0 spiro atoms. The molecule has 2 heterocycles. The van der Waals surface area contributed by atoms with Gasteiger partial charge in [0.2, 0.25) is 0 Å². The number of primary amides is 1. The molecule has 0 fully saturated rings. The van der Waals surface area contributed by atoms with Crippen molar-refractivity contribution in [2.75, 3.05) is 5.73 Å². The Hall–Kier alpha value is -3.06. The molecule has 0 radical (unpaired) electrons. The molecular weight excluding hydrogens is 332 g/mol. The maximum Gasteiger partial charge on any atom is 0.253 e. The zero-order valence-corrected chi connectivity index (χ0v) is 15.2. The van der Waals surface area contributed by atoms with Crippen molar-refractivity contribution in [1.29, 1.82) is 0 Å². The quantitative estimate of drug-likeness (QED) is 0.574. The van der Waals surface area contributed by atoms with Gasteiger partial charge in [-0.15, -0.1) is 0 Å². The maximum atomic E-state index is 12.1. The number of carbonyl (C=O) groups excluding carboxylic acids is 1. The molecule has 1 amide bonds. The van der Waals surface area contributed by atoms with Gasteiger partial charge in [-0.05, 0) is 45.4 Å². The van der Waals surface area contributed by atoms with Crippen molar-refractivity contribution < 1.29 is 15.0 Å². The van der Waals surface area contributed by atoms with Gasteiger partial charge in [0, 0.05) is 22.7 Å². The van der Waals surface area contributed by atoms with Crippen LogP contribution in [-0.4, -0.2) is 25.7 Å². The number of aryl methyl sites for hydroxylation is 1. The minimum absolute atomic E-state index is 0.112. The van der Waals surface area contributed by atoms with Gasteiger partial charge in [-0.1, -0.05) is 6.07 Å². The van der Waals surface area contributed by atoms with Gasteiger partial charge in [-0.2, -0.15) is 0 Å². The zero-order valence-electron chi connectivity index (χ0n) is 15.2. The molecule has 0 bridgehead atoms. The number of carbonyl (C=O) groups is 1. The lowest BCUT2D eigenvalue weighted by atomic mass is 9.99. The molecule has 3 rings (SSSR count). The summed E-state index contributed by atoms with van der Waals surface area (Å²) in [5.74, 6) is -0.429. The summed E-state index contributed by atoms with van der Waals surface area (Å²) in [5.41, 5.74) is 13.9. The van der Waals surface area contributed by atoms with Gasteiger partial charge >= 0.3 is 0 Å². The number of aromatic hydroxyl groups is 1. The van der Waals surface area contributed by atoms with E-state index in [0.29, 0.717) is 27.8 Å². The summed E-state index contributed by atoms with van der Waals surface area (Å²) in [7, 11) is 0. The average molecular weight is 354 g/mol. The molecule has 2 aromatic heterocycles. The second-order valence-electron chi connectivity index (χ2n) is 6.99. The van der Waals surface area contributed by atoms with E-state index >= 15 is 0 Å². The van der Waals surface area contributed by atoms with Gasteiger partial charge in [0.1, 0.15) is 17.2 Å². The number of nitrogens with two attached hydrogens (primary N) is 2. The van der Waals surface area contributed by atoms with Crippen molar-refractivity contribution in [3.63, 3.8) is 0 Å². The number of hydrogen-bond donors (Lipinski definition) is 4. The van der Waals surface area contributed by atoms with Gasteiger partial charge in [0.05, 0.1) is 16.9 Å². The molecule has 0 atom stereocenters. The number of hydrogen-bond acceptors (Lipinski definition) is 5. The fourth-order valence-electron chi connectivity index (χ4n) is 3.17. The molecule has 136 valence electrons. The van der Waals surface area contributed by atoms with Gasteiger partial charge in [-0.3, -0.25) is 9.36 Å². The molecule has 26 heavy (non-hydrogen) atoms. The maximum absolute atomic E-state index is 12.1. The predicted octanol–water partition coefficient (Wildman–Crippen LogP) is 2.26. The summed E-state index contributed by atoms with van der Waals surface area (Å²) in [6.45, 7) is 6.90. The van der Waals surface area contributed by atoms with Crippen LogP contribution >= 0.6 is 0 Å². The third-order valence-corrected chi connectivity index (χ3v) is 4.63. The first-order chi connectivity index (χ1) is 12.0. The standard InChI is InChI=1S/C19H22N4O3/c1-9-5-6-13(24)10(2)15(9)23-16(20)14(17(21)25)12-7-11(19(3,4)26)8-22-18(12)23/h5-8,24,26H,20H2,1-4H3,(H2,21,25). The molecule has 0 saturated heterocycles. The van der Waals surface area contributed by atoms with Crippen molar-refractivity contribution in [1.82, 2.24) is 9.55 Å². The Bertz CT molecular complexity index is 1050. The first-order valence-electron chi connectivity index (χ1n) is 8.16. The Morgan fingerprint density at radius 2 is 1.92 bits per heavy atom. The zero-order chi connectivity index (χ0) is 19.4. The fourth-order valence-corrected chi connectivity index (χ4v) is 3.17. The largest absolute Gasteiger partial charge is 0.508 e. The first kappa shape index (κ1) is 17.8. The Balaban J connectivity index is 2.48. The fraction of sp³-hybridized carbons (Fsp3) is 0.263. The number of aromatic nitrogens is 2. The Kier molecular flexibility index (Phi) is 3.92. The lowest BCUT2D eigenvalue weighted by molar-refractivity contribution is 0.0783. The van der Waals surface area contributed by atoms with Crippen LogP contribution in [0.15, 0.2) is 24.4 Å². The van der Waals surface area contributed by atoms with E-state index in [4.69, 9.17) is 11.5 Å². The number of amides is 1. The molecule has 0 aliphatic heterocycles. The number of benzene rings is 1. The highest BCUT2D eigenvalue weighted by Gasteiger charge is 2.26. The summed E-state index contributed by atoms with van der Waals surface area (Å²) in [6.07, 6.45) is 1.54. The van der Waals surface area contributed by atoms with Crippen LogP contribution in [0.25, 0.3) is 16.7 Å². The monoisotopic (exact) mass is 354 g/mol. The molecule has 0 saturated carbocycles. The van der Waals surface area contributed by atoms with Crippen molar-refractivity contribution in [2.45, 2.75) is 33.3 Å². The number of phenols is 1. The van der Waals surface area contributed by atoms with Crippen LogP contribution in [0.3, 0.4) is 0 Å². The lowest BCUT2D eigenvalue weighted by Gasteiger charge is -2.18. The van der Waals surface area contributed by atoms with E-state index < -0.39 is 11.5 Å². The third kappa shape index (κ3) is 2.57. The van der Waals surface area contributed by atoms with Crippen molar-refractivity contribution in [2.24, 2.45) is 5.73 Å². The normalized spacial score (nSPS) is 11.9. The van der Waals surface area contributed by atoms with E-state index in [9.17, 15) is 15.0 Å².